The zero-order valence-corrected chi connectivity index (χ0v) is 9.40. The molecule has 6 heteroatoms. The molecule has 0 aliphatic carbocycles. The summed E-state index contributed by atoms with van der Waals surface area (Å²) < 4.78 is 22.2. The van der Waals surface area contributed by atoms with Crippen LogP contribution < -0.4 is 5.32 Å². The highest BCUT2D eigenvalue weighted by Crippen LogP contribution is 2.17. The molecular weight excluding hydrogens is 226 g/mol. The maximum Gasteiger partial charge on any atom is 0.221 e. The van der Waals surface area contributed by atoms with Gasteiger partial charge in [-0.1, -0.05) is 0 Å². The van der Waals surface area contributed by atoms with Crippen LogP contribution in [0.15, 0.2) is 0 Å². The van der Waals surface area contributed by atoms with Crippen LogP contribution in [0.2, 0.25) is 0 Å². The standard InChI is InChI=1S/C8H14ClNO3S/c9-3-1-8(11)10-5-7-2-4-14(12,13)6-7/h7H,1-6H2,(H,10,11). The summed E-state index contributed by atoms with van der Waals surface area (Å²) in [6.45, 7) is 0.453. The van der Waals surface area contributed by atoms with Crippen LogP contribution in [0.5, 0.6) is 0 Å². The molecule has 1 rings (SSSR count). The number of amides is 1. The van der Waals surface area contributed by atoms with E-state index in [4.69, 9.17) is 11.6 Å². The Morgan fingerprint density at radius 1 is 1.50 bits per heavy atom. The van der Waals surface area contributed by atoms with Gasteiger partial charge in [-0.25, -0.2) is 8.42 Å². The van der Waals surface area contributed by atoms with E-state index in [1.54, 1.807) is 0 Å². The van der Waals surface area contributed by atoms with E-state index >= 15 is 0 Å². The lowest BCUT2D eigenvalue weighted by Crippen LogP contribution is -2.29. The van der Waals surface area contributed by atoms with Crippen LogP contribution in [0.3, 0.4) is 0 Å². The average molecular weight is 240 g/mol. The smallest absolute Gasteiger partial charge is 0.221 e. The maximum absolute atomic E-state index is 11.1. The molecule has 4 nitrogen and oxygen atoms in total. The first-order valence-corrected chi connectivity index (χ1v) is 6.92. The van der Waals surface area contributed by atoms with E-state index < -0.39 is 9.84 Å². The molecule has 1 N–H and O–H groups in total. The summed E-state index contributed by atoms with van der Waals surface area (Å²) in [5.74, 6) is 0.731. The maximum atomic E-state index is 11.1. The van der Waals surface area contributed by atoms with Gasteiger partial charge < -0.3 is 5.32 Å². The molecule has 82 valence electrons. The quantitative estimate of drug-likeness (QED) is 0.712. The average Bonchev–Trinajstić information content (AvgIpc) is 2.43. The van der Waals surface area contributed by atoms with Gasteiger partial charge in [-0.2, -0.15) is 0 Å². The molecule has 1 fully saturated rings. The zero-order valence-electron chi connectivity index (χ0n) is 7.83. The third kappa shape index (κ3) is 3.84. The summed E-state index contributed by atoms with van der Waals surface area (Å²) in [7, 11) is -2.83. The number of carbonyl (C=O) groups is 1. The second-order valence-corrected chi connectivity index (χ2v) is 6.12. The number of sulfone groups is 1. The lowest BCUT2D eigenvalue weighted by molar-refractivity contribution is -0.120. The first kappa shape index (κ1) is 11.8. The van der Waals surface area contributed by atoms with Crippen molar-refractivity contribution in [1.29, 1.82) is 0 Å². The highest BCUT2D eigenvalue weighted by Gasteiger charge is 2.27. The van der Waals surface area contributed by atoms with Gasteiger partial charge in [0.1, 0.15) is 0 Å². The monoisotopic (exact) mass is 239 g/mol. The van der Waals surface area contributed by atoms with Crippen LogP contribution in [0.25, 0.3) is 0 Å². The topological polar surface area (TPSA) is 63.2 Å². The third-order valence-corrected chi connectivity index (χ3v) is 4.26. The molecule has 0 aromatic rings. The Bertz CT molecular complexity index is 302. The van der Waals surface area contributed by atoms with Crippen LogP contribution in [0.4, 0.5) is 0 Å². The molecule has 1 unspecified atom stereocenters. The second kappa shape index (κ2) is 4.98. The predicted octanol–water partition coefficient (Wildman–Crippen LogP) is 0.166. The van der Waals surface area contributed by atoms with E-state index in [2.05, 4.69) is 5.32 Å². The predicted molar refractivity (Wildman–Crippen MR) is 55.1 cm³/mol. The van der Waals surface area contributed by atoms with Crippen LogP contribution in [-0.4, -0.2) is 38.3 Å². The molecule has 1 aliphatic rings. The second-order valence-electron chi connectivity index (χ2n) is 3.51. The molecule has 0 aromatic heterocycles. The van der Waals surface area contributed by atoms with E-state index in [-0.39, 0.29) is 23.3 Å². The first-order chi connectivity index (χ1) is 6.53. The van der Waals surface area contributed by atoms with Gasteiger partial charge in [0.15, 0.2) is 9.84 Å². The minimum atomic E-state index is -2.83. The van der Waals surface area contributed by atoms with Crippen LogP contribution in [0.1, 0.15) is 12.8 Å². The number of alkyl halides is 1. The van der Waals surface area contributed by atoms with E-state index in [0.29, 0.717) is 25.3 Å². The summed E-state index contributed by atoms with van der Waals surface area (Å²) in [6.07, 6.45) is 0.949. The number of rotatable bonds is 4. The number of halogens is 1. The Balaban J connectivity index is 2.24. The lowest BCUT2D eigenvalue weighted by atomic mass is 10.1. The van der Waals surface area contributed by atoms with Gasteiger partial charge in [0, 0.05) is 18.8 Å². The number of carbonyl (C=O) groups excluding carboxylic acids is 1. The summed E-state index contributed by atoms with van der Waals surface area (Å²) in [6, 6.07) is 0. The molecule has 1 heterocycles. The van der Waals surface area contributed by atoms with E-state index in [1.165, 1.54) is 0 Å². The third-order valence-electron chi connectivity index (χ3n) is 2.24. The fourth-order valence-corrected chi connectivity index (χ4v) is 3.50. The van der Waals surface area contributed by atoms with Crippen molar-refractivity contribution >= 4 is 27.3 Å². The molecule has 1 saturated heterocycles. The van der Waals surface area contributed by atoms with E-state index in [1.807, 2.05) is 0 Å². The molecule has 0 spiro atoms. The van der Waals surface area contributed by atoms with Crippen molar-refractivity contribution in [1.82, 2.24) is 5.32 Å². The lowest BCUT2D eigenvalue weighted by Gasteiger charge is -2.08. The Morgan fingerprint density at radius 2 is 2.21 bits per heavy atom. The minimum absolute atomic E-state index is 0.0827. The molecule has 0 bridgehead atoms. The van der Waals surface area contributed by atoms with Gasteiger partial charge in [-0.3, -0.25) is 4.79 Å². The highest BCUT2D eigenvalue weighted by atomic mass is 35.5. The van der Waals surface area contributed by atoms with Gasteiger partial charge in [-0.15, -0.1) is 11.6 Å². The fourth-order valence-electron chi connectivity index (χ4n) is 1.47. The molecule has 0 radical (unpaired) electrons. The van der Waals surface area contributed by atoms with Gasteiger partial charge >= 0.3 is 0 Å². The van der Waals surface area contributed by atoms with E-state index in [0.717, 1.165) is 0 Å². The van der Waals surface area contributed by atoms with Crippen molar-refractivity contribution in [3.8, 4) is 0 Å². The first-order valence-electron chi connectivity index (χ1n) is 4.56. The molecule has 0 saturated carbocycles. The Kier molecular flexibility index (Phi) is 4.19. The van der Waals surface area contributed by atoms with Crippen LogP contribution in [-0.2, 0) is 14.6 Å². The van der Waals surface area contributed by atoms with Gasteiger partial charge in [0.05, 0.1) is 11.5 Å². The number of hydrogen-bond acceptors (Lipinski definition) is 3. The summed E-state index contributed by atoms with van der Waals surface area (Å²) in [4.78, 5) is 11.0. The van der Waals surface area contributed by atoms with E-state index in [9.17, 15) is 13.2 Å². The molecule has 0 aromatic carbocycles. The minimum Gasteiger partial charge on any atom is -0.356 e. The van der Waals surface area contributed by atoms with Crippen LogP contribution >= 0.6 is 11.6 Å². The van der Waals surface area contributed by atoms with Crippen molar-refractivity contribution in [3.05, 3.63) is 0 Å². The van der Waals surface area contributed by atoms with Crippen LogP contribution in [0, 0.1) is 5.92 Å². The Hall–Kier alpha value is -0.290. The molecule has 14 heavy (non-hydrogen) atoms. The summed E-state index contributed by atoms with van der Waals surface area (Å²) in [5.41, 5.74) is 0. The Labute approximate surface area is 88.9 Å². The Morgan fingerprint density at radius 3 is 2.71 bits per heavy atom. The molecule has 1 atom stereocenters. The molecule has 1 amide bonds. The largest absolute Gasteiger partial charge is 0.356 e. The SMILES string of the molecule is O=C(CCCl)NCC1CCS(=O)(=O)C1. The van der Waals surface area contributed by atoms with Crippen molar-refractivity contribution in [3.63, 3.8) is 0 Å². The summed E-state index contributed by atoms with van der Waals surface area (Å²) in [5, 5.41) is 2.68. The van der Waals surface area contributed by atoms with Crippen molar-refractivity contribution < 1.29 is 13.2 Å². The highest BCUT2D eigenvalue weighted by molar-refractivity contribution is 7.91. The van der Waals surface area contributed by atoms with Crippen molar-refractivity contribution in [2.24, 2.45) is 5.92 Å². The molecule has 1 aliphatic heterocycles. The van der Waals surface area contributed by atoms with Gasteiger partial charge in [-0.05, 0) is 12.3 Å². The van der Waals surface area contributed by atoms with Gasteiger partial charge in [0.2, 0.25) is 5.91 Å². The summed E-state index contributed by atoms with van der Waals surface area (Å²) >= 11 is 5.38. The normalized spacial score (nSPS) is 24.8. The fraction of sp³-hybridized carbons (Fsp3) is 0.875. The molecular formula is C8H14ClNO3S. The number of nitrogens with one attached hydrogen (secondary N) is 1. The van der Waals surface area contributed by atoms with Gasteiger partial charge in [0.25, 0.3) is 0 Å². The van der Waals surface area contributed by atoms with Crippen molar-refractivity contribution in [2.45, 2.75) is 12.8 Å². The zero-order chi connectivity index (χ0) is 10.6. The van der Waals surface area contributed by atoms with Crippen molar-refractivity contribution in [2.75, 3.05) is 23.9 Å². The number of hydrogen-bond donors (Lipinski definition) is 1.